The Morgan fingerprint density at radius 1 is 1.09 bits per heavy atom. The molecule has 1 aromatic carbocycles. The lowest BCUT2D eigenvalue weighted by molar-refractivity contribution is -0.118. The summed E-state index contributed by atoms with van der Waals surface area (Å²) in [4.78, 5) is 16.1. The van der Waals surface area contributed by atoms with Crippen molar-refractivity contribution in [3.63, 3.8) is 0 Å². The van der Waals surface area contributed by atoms with Crippen molar-refractivity contribution < 1.29 is 4.79 Å². The Morgan fingerprint density at radius 3 is 2.61 bits per heavy atom. The second-order valence-corrected chi connectivity index (χ2v) is 7.46. The lowest BCUT2D eigenvalue weighted by Crippen LogP contribution is -2.31. The van der Waals surface area contributed by atoms with Gasteiger partial charge in [0.2, 0.25) is 5.91 Å². The topological polar surface area (TPSA) is 29.4 Å². The van der Waals surface area contributed by atoms with Crippen LogP contribution in [-0.4, -0.2) is 11.6 Å². The SMILES string of the molecule is CCCCCCCCc1cccc(C2=NC(=O)CCC2(C)C)c1. The van der Waals surface area contributed by atoms with Gasteiger partial charge in [0.25, 0.3) is 0 Å². The van der Waals surface area contributed by atoms with E-state index in [4.69, 9.17) is 0 Å². The van der Waals surface area contributed by atoms with E-state index in [2.05, 4.69) is 50.0 Å². The average Bonchev–Trinajstić information content (AvgIpc) is 2.53. The molecule has 23 heavy (non-hydrogen) atoms. The number of benzene rings is 1. The van der Waals surface area contributed by atoms with E-state index in [-0.39, 0.29) is 11.3 Å². The van der Waals surface area contributed by atoms with Gasteiger partial charge < -0.3 is 0 Å². The second-order valence-electron chi connectivity index (χ2n) is 7.46. The normalized spacial score (nSPS) is 17.2. The van der Waals surface area contributed by atoms with Crippen molar-refractivity contribution in [3.05, 3.63) is 35.4 Å². The van der Waals surface area contributed by atoms with E-state index >= 15 is 0 Å². The minimum absolute atomic E-state index is 0.00726. The Hall–Kier alpha value is -1.44. The predicted molar refractivity (Wildman–Crippen MR) is 98.1 cm³/mol. The fourth-order valence-corrected chi connectivity index (χ4v) is 3.31. The third kappa shape index (κ3) is 5.30. The van der Waals surface area contributed by atoms with Crippen molar-refractivity contribution in [1.29, 1.82) is 0 Å². The molecule has 1 aliphatic heterocycles. The minimum Gasteiger partial charge on any atom is -0.273 e. The lowest BCUT2D eigenvalue weighted by Gasteiger charge is -2.30. The molecule has 0 radical (unpaired) electrons. The molecule has 1 amide bonds. The van der Waals surface area contributed by atoms with Gasteiger partial charge in [-0.1, -0.05) is 71.1 Å². The molecule has 0 unspecified atom stereocenters. The first-order chi connectivity index (χ1) is 11.0. The van der Waals surface area contributed by atoms with Gasteiger partial charge in [0.15, 0.2) is 0 Å². The monoisotopic (exact) mass is 313 g/mol. The first-order valence-corrected chi connectivity index (χ1v) is 9.24. The van der Waals surface area contributed by atoms with Crippen LogP contribution in [0, 0.1) is 5.41 Å². The molecule has 1 aliphatic rings. The minimum atomic E-state index is -0.00726. The molecule has 1 heterocycles. The van der Waals surface area contributed by atoms with Crippen molar-refractivity contribution >= 4 is 11.6 Å². The molecule has 0 saturated heterocycles. The maximum absolute atomic E-state index is 11.7. The van der Waals surface area contributed by atoms with Gasteiger partial charge in [-0.15, -0.1) is 0 Å². The van der Waals surface area contributed by atoms with Gasteiger partial charge >= 0.3 is 0 Å². The molecule has 0 saturated carbocycles. The van der Waals surface area contributed by atoms with Gasteiger partial charge in [0, 0.05) is 11.8 Å². The fourth-order valence-electron chi connectivity index (χ4n) is 3.31. The van der Waals surface area contributed by atoms with Crippen LogP contribution < -0.4 is 0 Å². The maximum atomic E-state index is 11.7. The number of aliphatic imine (C=N–C) groups is 1. The Balaban J connectivity index is 1.98. The summed E-state index contributed by atoms with van der Waals surface area (Å²) in [5.74, 6) is 0.0284. The number of aryl methyl sites for hydroxylation is 1. The number of unbranched alkanes of at least 4 members (excludes halogenated alkanes) is 5. The summed E-state index contributed by atoms with van der Waals surface area (Å²) in [6.07, 6.45) is 10.5. The van der Waals surface area contributed by atoms with E-state index in [9.17, 15) is 4.79 Å². The highest BCUT2D eigenvalue weighted by atomic mass is 16.1. The van der Waals surface area contributed by atoms with E-state index in [0.29, 0.717) is 6.42 Å². The molecular formula is C21H31NO. The zero-order chi connectivity index (χ0) is 16.7. The number of amides is 1. The summed E-state index contributed by atoms with van der Waals surface area (Å²) < 4.78 is 0. The number of rotatable bonds is 8. The number of carbonyl (C=O) groups is 1. The van der Waals surface area contributed by atoms with Crippen LogP contribution in [-0.2, 0) is 11.2 Å². The Bertz CT molecular complexity index is 557. The Kier molecular flexibility index (Phi) is 6.56. The van der Waals surface area contributed by atoms with Crippen LogP contribution in [0.1, 0.15) is 83.3 Å². The van der Waals surface area contributed by atoms with E-state index in [1.165, 1.54) is 44.1 Å². The van der Waals surface area contributed by atoms with Crippen molar-refractivity contribution in [2.75, 3.05) is 0 Å². The Morgan fingerprint density at radius 2 is 1.83 bits per heavy atom. The largest absolute Gasteiger partial charge is 0.273 e. The first kappa shape index (κ1) is 17.9. The highest BCUT2D eigenvalue weighted by Gasteiger charge is 2.31. The second kappa shape index (κ2) is 8.42. The quantitative estimate of drug-likeness (QED) is 0.564. The van der Waals surface area contributed by atoms with Crippen LogP contribution in [0.15, 0.2) is 29.3 Å². The third-order valence-corrected chi connectivity index (χ3v) is 4.86. The molecule has 0 bridgehead atoms. The molecule has 126 valence electrons. The number of carbonyl (C=O) groups excluding carboxylic acids is 1. The summed E-state index contributed by atoms with van der Waals surface area (Å²) in [6.45, 7) is 6.64. The third-order valence-electron chi connectivity index (χ3n) is 4.86. The van der Waals surface area contributed by atoms with Gasteiger partial charge in [-0.3, -0.25) is 4.79 Å². The highest BCUT2D eigenvalue weighted by Crippen LogP contribution is 2.32. The fraction of sp³-hybridized carbons (Fsp3) is 0.619. The van der Waals surface area contributed by atoms with Crippen LogP contribution in [0.4, 0.5) is 0 Å². The standard InChI is InChI=1S/C21H31NO/c1-4-5-6-7-8-9-11-17-12-10-13-18(16-17)20-21(2,3)15-14-19(23)22-20/h10,12-13,16H,4-9,11,14-15H2,1-3H3. The molecule has 0 aromatic heterocycles. The molecule has 0 atom stereocenters. The molecule has 2 heteroatoms. The van der Waals surface area contributed by atoms with Gasteiger partial charge in [0.05, 0.1) is 5.71 Å². The van der Waals surface area contributed by atoms with Crippen LogP contribution in [0.2, 0.25) is 0 Å². The van der Waals surface area contributed by atoms with Crippen LogP contribution >= 0.6 is 0 Å². The van der Waals surface area contributed by atoms with Crippen molar-refractivity contribution in [1.82, 2.24) is 0 Å². The van der Waals surface area contributed by atoms with Gasteiger partial charge in [-0.25, -0.2) is 4.99 Å². The smallest absolute Gasteiger partial charge is 0.245 e. The average molecular weight is 313 g/mol. The van der Waals surface area contributed by atoms with Crippen LogP contribution in [0.3, 0.4) is 0 Å². The summed E-state index contributed by atoms with van der Waals surface area (Å²) in [6, 6.07) is 8.66. The van der Waals surface area contributed by atoms with E-state index in [1.54, 1.807) is 0 Å². The molecule has 0 fully saturated rings. The van der Waals surface area contributed by atoms with Gasteiger partial charge in [0.1, 0.15) is 0 Å². The molecule has 0 aliphatic carbocycles. The maximum Gasteiger partial charge on any atom is 0.245 e. The van der Waals surface area contributed by atoms with Gasteiger partial charge in [-0.2, -0.15) is 0 Å². The molecule has 2 nitrogen and oxygen atoms in total. The van der Waals surface area contributed by atoms with E-state index < -0.39 is 0 Å². The molecule has 0 spiro atoms. The van der Waals surface area contributed by atoms with Crippen molar-refractivity contribution in [2.24, 2.45) is 10.4 Å². The van der Waals surface area contributed by atoms with E-state index in [1.807, 2.05) is 0 Å². The molecule has 1 aromatic rings. The van der Waals surface area contributed by atoms with Gasteiger partial charge in [-0.05, 0) is 36.5 Å². The molecular weight excluding hydrogens is 282 g/mol. The number of hydrogen-bond acceptors (Lipinski definition) is 1. The number of nitrogens with zero attached hydrogens (tertiary/aromatic N) is 1. The van der Waals surface area contributed by atoms with Crippen molar-refractivity contribution in [2.45, 2.75) is 78.6 Å². The molecule has 0 N–H and O–H groups in total. The predicted octanol–water partition coefficient (Wildman–Crippen LogP) is 5.73. The molecule has 2 rings (SSSR count). The van der Waals surface area contributed by atoms with Crippen LogP contribution in [0.5, 0.6) is 0 Å². The zero-order valence-electron chi connectivity index (χ0n) is 15.0. The van der Waals surface area contributed by atoms with Crippen molar-refractivity contribution in [3.8, 4) is 0 Å². The summed E-state index contributed by atoms with van der Waals surface area (Å²) in [7, 11) is 0. The lowest BCUT2D eigenvalue weighted by atomic mass is 9.77. The van der Waals surface area contributed by atoms with E-state index in [0.717, 1.165) is 24.1 Å². The van der Waals surface area contributed by atoms with Crippen LogP contribution in [0.25, 0.3) is 0 Å². The number of hydrogen-bond donors (Lipinski definition) is 0. The summed E-state index contributed by atoms with van der Waals surface area (Å²) in [5.41, 5.74) is 3.46. The summed E-state index contributed by atoms with van der Waals surface area (Å²) in [5, 5.41) is 0. The highest BCUT2D eigenvalue weighted by molar-refractivity contribution is 6.11. The summed E-state index contributed by atoms with van der Waals surface area (Å²) >= 11 is 0. The zero-order valence-corrected chi connectivity index (χ0v) is 15.0. The Labute approximate surface area is 141 Å². The first-order valence-electron chi connectivity index (χ1n) is 9.24.